The van der Waals surface area contributed by atoms with E-state index < -0.39 is 11.6 Å². The fourth-order valence-corrected chi connectivity index (χ4v) is 2.02. The highest BCUT2D eigenvalue weighted by Crippen LogP contribution is 2.24. The van der Waals surface area contributed by atoms with Gasteiger partial charge in [0.05, 0.1) is 12.2 Å². The quantitative estimate of drug-likeness (QED) is 0.901. The molecular formula is C14H17F2N3. The van der Waals surface area contributed by atoms with Crippen molar-refractivity contribution in [1.29, 1.82) is 0 Å². The Morgan fingerprint density at radius 1 is 1.37 bits per heavy atom. The number of halogens is 2. The summed E-state index contributed by atoms with van der Waals surface area (Å²) in [4.78, 5) is 0. The fourth-order valence-electron chi connectivity index (χ4n) is 2.02. The van der Waals surface area contributed by atoms with Gasteiger partial charge in [0.2, 0.25) is 0 Å². The van der Waals surface area contributed by atoms with Gasteiger partial charge >= 0.3 is 0 Å². The summed E-state index contributed by atoms with van der Waals surface area (Å²) in [6.07, 6.45) is 4.45. The zero-order chi connectivity index (χ0) is 13.8. The van der Waals surface area contributed by atoms with Crippen LogP contribution in [0.3, 0.4) is 0 Å². The lowest BCUT2D eigenvalue weighted by Crippen LogP contribution is -2.23. The molecule has 1 atom stereocenters. The molecule has 0 spiro atoms. The second kappa shape index (κ2) is 5.93. The van der Waals surface area contributed by atoms with Gasteiger partial charge in [-0.15, -0.1) is 0 Å². The second-order valence-corrected chi connectivity index (χ2v) is 4.50. The van der Waals surface area contributed by atoms with E-state index in [0.717, 1.165) is 24.6 Å². The predicted molar refractivity (Wildman–Crippen MR) is 69.7 cm³/mol. The lowest BCUT2D eigenvalue weighted by atomic mass is 10.0. The molecule has 0 amide bonds. The Labute approximate surface area is 111 Å². The van der Waals surface area contributed by atoms with Crippen LogP contribution in [0.15, 0.2) is 30.6 Å². The van der Waals surface area contributed by atoms with Crippen molar-refractivity contribution < 1.29 is 8.78 Å². The SMILES string of the molecule is CCCNC(c1cnn(C)c1)c1ccc(F)cc1F. The molecule has 1 aromatic heterocycles. The van der Waals surface area contributed by atoms with Crippen molar-refractivity contribution in [2.24, 2.45) is 7.05 Å². The maximum atomic E-state index is 13.9. The summed E-state index contributed by atoms with van der Waals surface area (Å²) in [7, 11) is 1.81. The average Bonchev–Trinajstić information content (AvgIpc) is 2.78. The van der Waals surface area contributed by atoms with Crippen LogP contribution in [-0.4, -0.2) is 16.3 Å². The van der Waals surface area contributed by atoms with E-state index in [-0.39, 0.29) is 6.04 Å². The number of aromatic nitrogens is 2. The average molecular weight is 265 g/mol. The van der Waals surface area contributed by atoms with Crippen LogP contribution in [0.2, 0.25) is 0 Å². The van der Waals surface area contributed by atoms with Gasteiger partial charge in [-0.1, -0.05) is 13.0 Å². The third-order valence-electron chi connectivity index (χ3n) is 2.93. The molecule has 1 aromatic carbocycles. The lowest BCUT2D eigenvalue weighted by Gasteiger charge is -2.18. The molecule has 0 aliphatic rings. The van der Waals surface area contributed by atoms with Crippen molar-refractivity contribution in [2.75, 3.05) is 6.54 Å². The third-order valence-corrected chi connectivity index (χ3v) is 2.93. The van der Waals surface area contributed by atoms with Gasteiger partial charge in [-0.05, 0) is 19.0 Å². The Balaban J connectivity index is 2.36. The molecule has 0 aliphatic heterocycles. The summed E-state index contributed by atoms with van der Waals surface area (Å²) >= 11 is 0. The highest BCUT2D eigenvalue weighted by molar-refractivity contribution is 5.30. The Hall–Kier alpha value is -1.75. The third kappa shape index (κ3) is 3.17. The number of benzene rings is 1. The summed E-state index contributed by atoms with van der Waals surface area (Å²) in [5.41, 5.74) is 1.30. The number of rotatable bonds is 5. The van der Waals surface area contributed by atoms with Gasteiger partial charge in [0.25, 0.3) is 0 Å². The van der Waals surface area contributed by atoms with Gasteiger partial charge in [0, 0.05) is 30.4 Å². The van der Waals surface area contributed by atoms with E-state index in [4.69, 9.17) is 0 Å². The van der Waals surface area contributed by atoms with Gasteiger partial charge in [-0.25, -0.2) is 8.78 Å². The number of nitrogens with one attached hydrogen (secondary N) is 1. The van der Waals surface area contributed by atoms with E-state index in [2.05, 4.69) is 10.4 Å². The van der Waals surface area contributed by atoms with Crippen LogP contribution >= 0.6 is 0 Å². The number of hydrogen-bond acceptors (Lipinski definition) is 2. The highest BCUT2D eigenvalue weighted by atomic mass is 19.1. The molecule has 0 radical (unpaired) electrons. The number of hydrogen-bond donors (Lipinski definition) is 1. The molecule has 0 saturated heterocycles. The summed E-state index contributed by atoms with van der Waals surface area (Å²) in [6, 6.07) is 3.35. The predicted octanol–water partition coefficient (Wildman–Crippen LogP) is 2.79. The van der Waals surface area contributed by atoms with Gasteiger partial charge < -0.3 is 5.32 Å². The summed E-state index contributed by atoms with van der Waals surface area (Å²) < 4.78 is 28.6. The van der Waals surface area contributed by atoms with E-state index in [0.29, 0.717) is 5.56 Å². The van der Waals surface area contributed by atoms with Crippen LogP contribution in [0.1, 0.15) is 30.5 Å². The maximum absolute atomic E-state index is 13.9. The minimum absolute atomic E-state index is 0.311. The number of nitrogens with zero attached hydrogens (tertiary/aromatic N) is 2. The molecule has 2 aromatic rings. The van der Waals surface area contributed by atoms with E-state index in [1.54, 1.807) is 17.9 Å². The standard InChI is InChI=1S/C14H17F2N3/c1-3-6-17-14(10-8-18-19(2)9-10)12-5-4-11(15)7-13(12)16/h4-5,7-9,14,17H,3,6H2,1-2H3. The molecule has 19 heavy (non-hydrogen) atoms. The van der Waals surface area contributed by atoms with Crippen LogP contribution in [0.4, 0.5) is 8.78 Å². The first-order chi connectivity index (χ1) is 9.11. The van der Waals surface area contributed by atoms with Crippen LogP contribution in [0, 0.1) is 11.6 Å². The Kier molecular flexibility index (Phi) is 4.27. The summed E-state index contributed by atoms with van der Waals surface area (Å²) in [6.45, 7) is 2.78. The van der Waals surface area contributed by atoms with Gasteiger partial charge in [0.15, 0.2) is 0 Å². The van der Waals surface area contributed by atoms with Gasteiger partial charge in [-0.3, -0.25) is 4.68 Å². The van der Waals surface area contributed by atoms with Crippen molar-refractivity contribution in [3.8, 4) is 0 Å². The normalized spacial score (nSPS) is 12.6. The maximum Gasteiger partial charge on any atom is 0.131 e. The Morgan fingerprint density at radius 3 is 2.74 bits per heavy atom. The first-order valence-electron chi connectivity index (χ1n) is 6.28. The minimum atomic E-state index is -0.568. The van der Waals surface area contributed by atoms with Crippen molar-refractivity contribution in [3.05, 3.63) is 53.4 Å². The first kappa shape index (κ1) is 13.7. The van der Waals surface area contributed by atoms with Crippen LogP contribution in [0.5, 0.6) is 0 Å². The van der Waals surface area contributed by atoms with E-state index >= 15 is 0 Å². The zero-order valence-electron chi connectivity index (χ0n) is 11.0. The van der Waals surface area contributed by atoms with Crippen LogP contribution < -0.4 is 5.32 Å². The van der Waals surface area contributed by atoms with E-state index in [1.807, 2.05) is 13.1 Å². The molecule has 2 rings (SSSR count). The monoisotopic (exact) mass is 265 g/mol. The summed E-state index contributed by atoms with van der Waals surface area (Å²) in [5, 5.41) is 7.36. The van der Waals surface area contributed by atoms with Crippen molar-refractivity contribution in [3.63, 3.8) is 0 Å². The van der Waals surface area contributed by atoms with Crippen LogP contribution in [0.25, 0.3) is 0 Å². The molecule has 1 heterocycles. The lowest BCUT2D eigenvalue weighted by molar-refractivity contribution is 0.532. The largest absolute Gasteiger partial charge is 0.306 e. The zero-order valence-corrected chi connectivity index (χ0v) is 11.0. The van der Waals surface area contributed by atoms with Gasteiger partial charge in [-0.2, -0.15) is 5.10 Å². The molecular weight excluding hydrogens is 248 g/mol. The smallest absolute Gasteiger partial charge is 0.131 e. The molecule has 0 bridgehead atoms. The molecule has 5 heteroatoms. The molecule has 1 N–H and O–H groups in total. The molecule has 1 unspecified atom stereocenters. The Morgan fingerprint density at radius 2 is 2.16 bits per heavy atom. The Bertz CT molecular complexity index is 551. The molecule has 0 saturated carbocycles. The van der Waals surface area contributed by atoms with Crippen molar-refractivity contribution in [2.45, 2.75) is 19.4 Å². The fraction of sp³-hybridized carbons (Fsp3) is 0.357. The molecule has 3 nitrogen and oxygen atoms in total. The summed E-state index contributed by atoms with van der Waals surface area (Å²) in [5.74, 6) is -1.11. The van der Waals surface area contributed by atoms with Crippen LogP contribution in [-0.2, 0) is 7.05 Å². The van der Waals surface area contributed by atoms with E-state index in [9.17, 15) is 8.78 Å². The molecule has 102 valence electrons. The van der Waals surface area contributed by atoms with E-state index in [1.165, 1.54) is 12.1 Å². The topological polar surface area (TPSA) is 29.9 Å². The first-order valence-corrected chi connectivity index (χ1v) is 6.28. The molecule has 0 aliphatic carbocycles. The van der Waals surface area contributed by atoms with Crippen molar-refractivity contribution >= 4 is 0 Å². The van der Waals surface area contributed by atoms with Gasteiger partial charge in [0.1, 0.15) is 11.6 Å². The molecule has 0 fully saturated rings. The minimum Gasteiger partial charge on any atom is -0.306 e. The highest BCUT2D eigenvalue weighted by Gasteiger charge is 2.19. The second-order valence-electron chi connectivity index (χ2n) is 4.50. The van der Waals surface area contributed by atoms with Crippen molar-refractivity contribution in [1.82, 2.24) is 15.1 Å². The number of aryl methyl sites for hydroxylation is 1.